The number of ether oxygens (including phenoxy) is 1. The van der Waals surface area contributed by atoms with Crippen molar-refractivity contribution in [1.82, 2.24) is 15.5 Å². The normalized spacial score (nSPS) is 18.6. The Morgan fingerprint density at radius 1 is 1.03 bits per heavy atom. The maximum absolute atomic E-state index is 13.0. The van der Waals surface area contributed by atoms with Crippen LogP contribution in [0.4, 0.5) is 0 Å². The van der Waals surface area contributed by atoms with E-state index < -0.39 is 23.8 Å². The molecule has 2 N–H and O–H groups in total. The summed E-state index contributed by atoms with van der Waals surface area (Å²) in [7, 11) is 1.96. The topological polar surface area (TPSA) is 105 Å². The Labute approximate surface area is 176 Å². The molecule has 1 atom stereocenters. The molecular formula is C22H29N3O5. The molecule has 0 radical (unpaired) electrons. The summed E-state index contributed by atoms with van der Waals surface area (Å²) in [6, 6.07) is 3.95. The van der Waals surface area contributed by atoms with Gasteiger partial charge in [-0.3, -0.25) is 29.4 Å². The lowest BCUT2D eigenvalue weighted by molar-refractivity contribution is -0.136. The minimum absolute atomic E-state index is 0.0993. The second-order valence-corrected chi connectivity index (χ2v) is 7.70. The van der Waals surface area contributed by atoms with Gasteiger partial charge in [0.15, 0.2) is 0 Å². The summed E-state index contributed by atoms with van der Waals surface area (Å²) in [6.07, 6.45) is 6.88. The van der Waals surface area contributed by atoms with Crippen molar-refractivity contribution >= 4 is 23.6 Å². The number of nitrogens with zero attached hydrogens (tertiary/aromatic N) is 1. The highest BCUT2D eigenvalue weighted by molar-refractivity contribution is 6.24. The summed E-state index contributed by atoms with van der Waals surface area (Å²) in [6.45, 7) is 1.51. The lowest BCUT2D eigenvalue weighted by Gasteiger charge is -2.27. The van der Waals surface area contributed by atoms with E-state index in [-0.39, 0.29) is 29.9 Å². The molecule has 4 amide bonds. The Hall–Kier alpha value is -2.74. The van der Waals surface area contributed by atoms with Crippen molar-refractivity contribution in [3.05, 3.63) is 29.3 Å². The molecule has 0 bridgehead atoms. The largest absolute Gasteiger partial charge is 0.493 e. The van der Waals surface area contributed by atoms with Crippen LogP contribution in [0, 0.1) is 0 Å². The Balaban J connectivity index is 1.56. The van der Waals surface area contributed by atoms with Crippen LogP contribution < -0.4 is 15.4 Å². The number of hydrogen-bond donors (Lipinski definition) is 2. The molecule has 0 aliphatic carbocycles. The SMILES string of the molecule is CNCCCCCCCCOc1cccc2c1C(=O)N(C1CCC(=O)NC1=O)C2=O. The first-order valence-corrected chi connectivity index (χ1v) is 10.7. The highest BCUT2D eigenvalue weighted by Gasteiger charge is 2.45. The van der Waals surface area contributed by atoms with Gasteiger partial charge in [-0.15, -0.1) is 0 Å². The van der Waals surface area contributed by atoms with Crippen LogP contribution in [0.5, 0.6) is 5.75 Å². The molecule has 8 heteroatoms. The lowest BCUT2D eigenvalue weighted by Crippen LogP contribution is -2.54. The number of carbonyl (C=O) groups excluding carboxylic acids is 4. The van der Waals surface area contributed by atoms with Crippen LogP contribution in [0.25, 0.3) is 0 Å². The first-order valence-electron chi connectivity index (χ1n) is 10.7. The van der Waals surface area contributed by atoms with Gasteiger partial charge in [0.25, 0.3) is 11.8 Å². The predicted molar refractivity (Wildman–Crippen MR) is 110 cm³/mol. The number of piperidine rings is 1. The monoisotopic (exact) mass is 415 g/mol. The van der Waals surface area contributed by atoms with E-state index in [0.29, 0.717) is 12.4 Å². The van der Waals surface area contributed by atoms with Crippen molar-refractivity contribution < 1.29 is 23.9 Å². The molecule has 162 valence electrons. The summed E-state index contributed by atoms with van der Waals surface area (Å²) >= 11 is 0. The number of carbonyl (C=O) groups is 4. The molecule has 3 rings (SSSR count). The zero-order valence-electron chi connectivity index (χ0n) is 17.4. The van der Waals surface area contributed by atoms with E-state index in [1.54, 1.807) is 18.2 Å². The minimum atomic E-state index is -0.967. The van der Waals surface area contributed by atoms with Gasteiger partial charge in [-0.1, -0.05) is 31.7 Å². The Bertz CT molecular complexity index is 823. The predicted octanol–water partition coefficient (Wildman–Crippen LogP) is 2.03. The Kier molecular flexibility index (Phi) is 7.57. The smallest absolute Gasteiger partial charge is 0.266 e. The Morgan fingerprint density at radius 3 is 2.50 bits per heavy atom. The number of benzene rings is 1. The number of imide groups is 2. The van der Waals surface area contributed by atoms with E-state index in [9.17, 15) is 19.2 Å². The van der Waals surface area contributed by atoms with Crippen LogP contribution in [0.15, 0.2) is 18.2 Å². The minimum Gasteiger partial charge on any atom is -0.493 e. The number of nitrogens with one attached hydrogen (secondary N) is 2. The Morgan fingerprint density at radius 2 is 1.77 bits per heavy atom. The van der Waals surface area contributed by atoms with Crippen molar-refractivity contribution in [2.45, 2.75) is 57.4 Å². The number of rotatable bonds is 11. The van der Waals surface area contributed by atoms with Gasteiger partial charge in [-0.25, -0.2) is 0 Å². The van der Waals surface area contributed by atoms with Crippen LogP contribution in [-0.2, 0) is 9.59 Å². The summed E-state index contributed by atoms with van der Waals surface area (Å²) in [5.74, 6) is -1.69. The van der Waals surface area contributed by atoms with Crippen molar-refractivity contribution in [3.63, 3.8) is 0 Å². The van der Waals surface area contributed by atoms with Gasteiger partial charge in [0, 0.05) is 6.42 Å². The molecule has 30 heavy (non-hydrogen) atoms. The molecule has 2 aliphatic heterocycles. The van der Waals surface area contributed by atoms with Gasteiger partial charge in [-0.05, 0) is 45.0 Å². The average molecular weight is 415 g/mol. The molecule has 1 fully saturated rings. The average Bonchev–Trinajstić information content (AvgIpc) is 2.98. The van der Waals surface area contributed by atoms with Gasteiger partial charge in [0.1, 0.15) is 11.8 Å². The second-order valence-electron chi connectivity index (χ2n) is 7.70. The fourth-order valence-electron chi connectivity index (χ4n) is 3.90. The van der Waals surface area contributed by atoms with E-state index in [1.807, 2.05) is 7.05 Å². The molecule has 1 saturated heterocycles. The molecule has 0 aromatic heterocycles. The van der Waals surface area contributed by atoms with Gasteiger partial charge in [0.2, 0.25) is 11.8 Å². The van der Waals surface area contributed by atoms with E-state index in [1.165, 1.54) is 19.3 Å². The first-order chi connectivity index (χ1) is 14.5. The third-order valence-electron chi connectivity index (χ3n) is 5.51. The number of fused-ring (bicyclic) bond motifs is 1. The maximum Gasteiger partial charge on any atom is 0.266 e. The summed E-state index contributed by atoms with van der Waals surface area (Å²) in [4.78, 5) is 50.3. The highest BCUT2D eigenvalue weighted by Crippen LogP contribution is 2.33. The van der Waals surface area contributed by atoms with Gasteiger partial charge in [0.05, 0.1) is 17.7 Å². The summed E-state index contributed by atoms with van der Waals surface area (Å²) in [5.41, 5.74) is 0.450. The first kappa shape index (κ1) is 22.0. The third-order valence-corrected chi connectivity index (χ3v) is 5.51. The van der Waals surface area contributed by atoms with E-state index >= 15 is 0 Å². The number of hydrogen-bond acceptors (Lipinski definition) is 6. The van der Waals surface area contributed by atoms with E-state index in [0.717, 1.165) is 30.7 Å². The maximum atomic E-state index is 13.0. The van der Waals surface area contributed by atoms with Crippen molar-refractivity contribution in [1.29, 1.82) is 0 Å². The summed E-state index contributed by atoms with van der Waals surface area (Å²) in [5, 5.41) is 5.34. The molecule has 8 nitrogen and oxygen atoms in total. The zero-order chi connectivity index (χ0) is 21.5. The van der Waals surface area contributed by atoms with E-state index in [4.69, 9.17) is 4.74 Å². The molecular weight excluding hydrogens is 386 g/mol. The summed E-state index contributed by atoms with van der Waals surface area (Å²) < 4.78 is 5.83. The molecule has 1 aromatic rings. The van der Waals surface area contributed by atoms with E-state index in [2.05, 4.69) is 10.6 Å². The van der Waals surface area contributed by atoms with Crippen LogP contribution in [0.3, 0.4) is 0 Å². The van der Waals surface area contributed by atoms with Crippen molar-refractivity contribution in [2.75, 3.05) is 20.2 Å². The van der Waals surface area contributed by atoms with Crippen LogP contribution in [0.1, 0.15) is 72.1 Å². The molecule has 2 heterocycles. The van der Waals surface area contributed by atoms with Crippen molar-refractivity contribution in [2.24, 2.45) is 0 Å². The standard InChI is InChI=1S/C22H29N3O5/c1-23-13-6-4-2-3-5-7-14-30-17-10-8-9-15-19(17)22(29)25(21(15)28)16-11-12-18(26)24-20(16)27/h8-10,16,23H,2-7,11-14H2,1H3,(H,24,26,27). The molecule has 0 saturated carbocycles. The van der Waals surface area contributed by atoms with Gasteiger partial charge >= 0.3 is 0 Å². The fourth-order valence-corrected chi connectivity index (χ4v) is 3.90. The molecule has 1 aromatic carbocycles. The van der Waals surface area contributed by atoms with Gasteiger partial charge in [-0.2, -0.15) is 0 Å². The van der Waals surface area contributed by atoms with Crippen LogP contribution >= 0.6 is 0 Å². The van der Waals surface area contributed by atoms with Crippen molar-refractivity contribution in [3.8, 4) is 5.75 Å². The molecule has 0 spiro atoms. The number of amides is 4. The zero-order valence-corrected chi connectivity index (χ0v) is 17.4. The second kappa shape index (κ2) is 10.3. The lowest BCUT2D eigenvalue weighted by atomic mass is 10.0. The molecule has 2 aliphatic rings. The van der Waals surface area contributed by atoms with Crippen LogP contribution in [0.2, 0.25) is 0 Å². The van der Waals surface area contributed by atoms with Gasteiger partial charge < -0.3 is 10.1 Å². The highest BCUT2D eigenvalue weighted by atomic mass is 16.5. The number of unbranched alkanes of at least 4 members (excludes halogenated alkanes) is 5. The molecule has 1 unspecified atom stereocenters. The third kappa shape index (κ3) is 4.87. The fraction of sp³-hybridized carbons (Fsp3) is 0.545. The quantitative estimate of drug-likeness (QED) is 0.423. The van der Waals surface area contributed by atoms with Crippen LogP contribution in [-0.4, -0.2) is 54.8 Å².